The van der Waals surface area contributed by atoms with Gasteiger partial charge in [-0.15, -0.1) is 0 Å². The summed E-state index contributed by atoms with van der Waals surface area (Å²) in [5, 5.41) is 8.15. The van der Waals surface area contributed by atoms with Crippen LogP contribution in [0.4, 0.5) is 5.69 Å². The Bertz CT molecular complexity index is 648. The van der Waals surface area contributed by atoms with Crippen LogP contribution in [0.3, 0.4) is 0 Å². The second kappa shape index (κ2) is 9.06. The molecule has 3 nitrogen and oxygen atoms in total. The summed E-state index contributed by atoms with van der Waals surface area (Å²) in [5.41, 5.74) is 7.30. The number of benzene rings is 2. The standard InChI is InChI=1S/C19H23N3S/c1-3-4-10-18(16-8-6-5-7-9-16)21-22-19(23)20-17-13-11-15(2)12-14-17/h5-9,11-14H,3-4,10H2,1-2H3,(H2,20,22,23)/b21-18-. The van der Waals surface area contributed by atoms with Gasteiger partial charge in [0.2, 0.25) is 0 Å². The molecule has 0 amide bonds. The van der Waals surface area contributed by atoms with Crippen LogP contribution in [0.1, 0.15) is 37.3 Å². The maximum atomic E-state index is 5.32. The third kappa shape index (κ3) is 5.83. The van der Waals surface area contributed by atoms with Gasteiger partial charge in [0.25, 0.3) is 0 Å². The first-order valence-electron chi connectivity index (χ1n) is 7.94. The topological polar surface area (TPSA) is 36.4 Å². The molecule has 0 bridgehead atoms. The summed E-state index contributed by atoms with van der Waals surface area (Å²) < 4.78 is 0. The van der Waals surface area contributed by atoms with E-state index in [1.807, 2.05) is 42.5 Å². The third-order valence-electron chi connectivity index (χ3n) is 3.48. The molecule has 0 heterocycles. The van der Waals surface area contributed by atoms with E-state index >= 15 is 0 Å². The summed E-state index contributed by atoms with van der Waals surface area (Å²) >= 11 is 5.32. The number of hydrogen-bond donors (Lipinski definition) is 2. The van der Waals surface area contributed by atoms with E-state index in [-0.39, 0.29) is 0 Å². The van der Waals surface area contributed by atoms with Gasteiger partial charge in [-0.05, 0) is 49.7 Å². The van der Waals surface area contributed by atoms with Crippen molar-refractivity contribution < 1.29 is 0 Å². The van der Waals surface area contributed by atoms with E-state index in [4.69, 9.17) is 12.2 Å². The average Bonchev–Trinajstić information content (AvgIpc) is 2.58. The SMILES string of the molecule is CCCC/C(=N/NC(=S)Nc1ccc(C)cc1)c1ccccc1. The molecule has 0 atom stereocenters. The predicted molar refractivity (Wildman–Crippen MR) is 103 cm³/mol. The largest absolute Gasteiger partial charge is 0.331 e. The Labute approximate surface area is 143 Å². The fraction of sp³-hybridized carbons (Fsp3) is 0.263. The number of nitrogens with zero attached hydrogens (tertiary/aromatic N) is 1. The van der Waals surface area contributed by atoms with Gasteiger partial charge in [0.1, 0.15) is 0 Å². The zero-order valence-electron chi connectivity index (χ0n) is 13.7. The van der Waals surface area contributed by atoms with Gasteiger partial charge in [0.15, 0.2) is 5.11 Å². The predicted octanol–water partition coefficient (Wildman–Crippen LogP) is 4.88. The van der Waals surface area contributed by atoms with Gasteiger partial charge in [0.05, 0.1) is 5.71 Å². The molecule has 120 valence electrons. The Morgan fingerprint density at radius 2 is 1.74 bits per heavy atom. The molecule has 4 heteroatoms. The van der Waals surface area contributed by atoms with E-state index < -0.39 is 0 Å². The number of hydrazone groups is 1. The number of hydrogen-bond acceptors (Lipinski definition) is 2. The first-order valence-corrected chi connectivity index (χ1v) is 8.35. The minimum atomic E-state index is 0.499. The van der Waals surface area contributed by atoms with E-state index in [9.17, 15) is 0 Å². The first kappa shape index (κ1) is 17.2. The zero-order valence-corrected chi connectivity index (χ0v) is 14.5. The van der Waals surface area contributed by atoms with Crippen molar-refractivity contribution in [3.05, 3.63) is 65.7 Å². The van der Waals surface area contributed by atoms with Crippen molar-refractivity contribution in [2.75, 3.05) is 5.32 Å². The number of nitrogens with one attached hydrogen (secondary N) is 2. The van der Waals surface area contributed by atoms with Crippen molar-refractivity contribution in [1.82, 2.24) is 5.43 Å². The number of unbranched alkanes of at least 4 members (excludes halogenated alkanes) is 1. The van der Waals surface area contributed by atoms with Crippen LogP contribution in [0.15, 0.2) is 59.7 Å². The molecule has 0 radical (unpaired) electrons. The molecule has 0 unspecified atom stereocenters. The summed E-state index contributed by atoms with van der Waals surface area (Å²) in [6.45, 7) is 4.24. The van der Waals surface area contributed by atoms with E-state index in [0.717, 1.165) is 36.2 Å². The summed E-state index contributed by atoms with van der Waals surface area (Å²) in [6.07, 6.45) is 3.17. The zero-order chi connectivity index (χ0) is 16.5. The molecule has 23 heavy (non-hydrogen) atoms. The molecule has 2 aromatic carbocycles. The Hall–Kier alpha value is -2.20. The first-order chi connectivity index (χ1) is 11.2. The highest BCUT2D eigenvalue weighted by Gasteiger charge is 2.04. The number of anilines is 1. The van der Waals surface area contributed by atoms with Crippen LogP contribution in [0.25, 0.3) is 0 Å². The van der Waals surface area contributed by atoms with Crippen molar-refractivity contribution in [2.24, 2.45) is 5.10 Å². The molecule has 2 N–H and O–H groups in total. The van der Waals surface area contributed by atoms with E-state index in [2.05, 4.69) is 41.8 Å². The summed E-state index contributed by atoms with van der Waals surface area (Å²) in [4.78, 5) is 0. The van der Waals surface area contributed by atoms with Crippen LogP contribution >= 0.6 is 12.2 Å². The Morgan fingerprint density at radius 1 is 1.04 bits per heavy atom. The quantitative estimate of drug-likeness (QED) is 0.452. The van der Waals surface area contributed by atoms with E-state index in [1.54, 1.807) is 0 Å². The normalized spacial score (nSPS) is 11.1. The summed E-state index contributed by atoms with van der Waals surface area (Å²) in [6, 6.07) is 18.3. The molecule has 0 spiro atoms. The van der Waals surface area contributed by atoms with Gasteiger partial charge in [-0.3, -0.25) is 5.43 Å². The van der Waals surface area contributed by atoms with Gasteiger partial charge in [-0.2, -0.15) is 5.10 Å². The van der Waals surface area contributed by atoms with E-state index in [0.29, 0.717) is 5.11 Å². The average molecular weight is 325 g/mol. The Morgan fingerprint density at radius 3 is 2.39 bits per heavy atom. The molecule has 0 aliphatic heterocycles. The fourth-order valence-electron chi connectivity index (χ4n) is 2.15. The summed E-state index contributed by atoms with van der Waals surface area (Å²) in [5.74, 6) is 0. The van der Waals surface area contributed by atoms with Crippen molar-refractivity contribution in [1.29, 1.82) is 0 Å². The summed E-state index contributed by atoms with van der Waals surface area (Å²) in [7, 11) is 0. The highest BCUT2D eigenvalue weighted by molar-refractivity contribution is 7.80. The van der Waals surface area contributed by atoms with E-state index in [1.165, 1.54) is 5.56 Å². The number of thiocarbonyl (C=S) groups is 1. The van der Waals surface area contributed by atoms with Gasteiger partial charge in [-0.25, -0.2) is 0 Å². The Kier molecular flexibility index (Phi) is 6.76. The maximum Gasteiger partial charge on any atom is 0.191 e. The van der Waals surface area contributed by atoms with Gasteiger partial charge >= 0.3 is 0 Å². The molecular weight excluding hydrogens is 302 g/mol. The minimum absolute atomic E-state index is 0.499. The van der Waals surface area contributed by atoms with Crippen LogP contribution < -0.4 is 10.7 Å². The lowest BCUT2D eigenvalue weighted by atomic mass is 10.1. The van der Waals surface area contributed by atoms with Crippen molar-refractivity contribution in [2.45, 2.75) is 33.1 Å². The smallest absolute Gasteiger partial charge is 0.191 e. The van der Waals surface area contributed by atoms with Crippen LogP contribution in [0, 0.1) is 6.92 Å². The molecule has 0 saturated carbocycles. The molecule has 0 aliphatic carbocycles. The van der Waals surface area contributed by atoms with Gasteiger partial charge in [-0.1, -0.05) is 61.4 Å². The molecule has 0 saturated heterocycles. The van der Waals surface area contributed by atoms with Crippen LogP contribution in [-0.2, 0) is 0 Å². The Balaban J connectivity index is 2.01. The number of aryl methyl sites for hydroxylation is 1. The fourth-order valence-corrected chi connectivity index (χ4v) is 2.32. The highest BCUT2D eigenvalue weighted by atomic mass is 32.1. The lowest BCUT2D eigenvalue weighted by molar-refractivity contribution is 0.828. The molecule has 0 aliphatic rings. The second-order valence-corrected chi connectivity index (χ2v) is 5.87. The van der Waals surface area contributed by atoms with Crippen LogP contribution in [0.5, 0.6) is 0 Å². The maximum absolute atomic E-state index is 5.32. The van der Waals surface area contributed by atoms with Gasteiger partial charge < -0.3 is 5.32 Å². The van der Waals surface area contributed by atoms with Crippen molar-refractivity contribution in [3.63, 3.8) is 0 Å². The lowest BCUT2D eigenvalue weighted by Gasteiger charge is -2.10. The monoisotopic (exact) mass is 325 g/mol. The molecular formula is C19H23N3S. The molecule has 0 aromatic heterocycles. The lowest BCUT2D eigenvalue weighted by Crippen LogP contribution is -2.25. The van der Waals surface area contributed by atoms with Gasteiger partial charge in [0, 0.05) is 5.69 Å². The molecule has 0 fully saturated rings. The second-order valence-electron chi connectivity index (χ2n) is 5.46. The minimum Gasteiger partial charge on any atom is -0.331 e. The highest BCUT2D eigenvalue weighted by Crippen LogP contribution is 2.09. The van der Waals surface area contributed by atoms with Crippen LogP contribution in [0.2, 0.25) is 0 Å². The van der Waals surface area contributed by atoms with Crippen molar-refractivity contribution in [3.8, 4) is 0 Å². The molecule has 2 aromatic rings. The van der Waals surface area contributed by atoms with Crippen molar-refractivity contribution >= 4 is 28.7 Å². The number of rotatable bonds is 6. The molecule has 2 rings (SSSR count). The third-order valence-corrected chi connectivity index (χ3v) is 3.67. The van der Waals surface area contributed by atoms with Crippen LogP contribution in [-0.4, -0.2) is 10.8 Å².